The van der Waals surface area contributed by atoms with Crippen LogP contribution in [0.1, 0.15) is 29.9 Å². The summed E-state index contributed by atoms with van der Waals surface area (Å²) < 4.78 is 5.38. The van der Waals surface area contributed by atoms with E-state index < -0.39 is 0 Å². The van der Waals surface area contributed by atoms with Crippen LogP contribution >= 0.6 is 0 Å². The minimum Gasteiger partial charge on any atom is -0.381 e. The molecule has 0 radical (unpaired) electrons. The van der Waals surface area contributed by atoms with Crippen molar-refractivity contribution in [3.05, 3.63) is 17.1 Å². The van der Waals surface area contributed by atoms with E-state index >= 15 is 0 Å². The van der Waals surface area contributed by atoms with Crippen LogP contribution in [-0.2, 0) is 24.0 Å². The topological polar surface area (TPSA) is 73.1 Å². The van der Waals surface area contributed by atoms with Gasteiger partial charge < -0.3 is 10.2 Å². The van der Waals surface area contributed by atoms with Crippen LogP contribution in [0.15, 0.2) is 0 Å². The Hall–Kier alpha value is -1.20. The number of nitrogens with two attached hydrogens (primary N) is 1. The molecule has 1 fully saturated rings. The molecule has 0 spiro atoms. The molecule has 1 aliphatic heterocycles. The quantitative estimate of drug-likeness (QED) is 0.598. The smallest absolute Gasteiger partial charge is 0.147 e. The van der Waals surface area contributed by atoms with Gasteiger partial charge in [0.15, 0.2) is 0 Å². The lowest BCUT2D eigenvalue weighted by atomic mass is 10.0. The van der Waals surface area contributed by atoms with Crippen molar-refractivity contribution < 1.29 is 4.74 Å². The van der Waals surface area contributed by atoms with Gasteiger partial charge in [-0.2, -0.15) is 0 Å². The van der Waals surface area contributed by atoms with E-state index in [4.69, 9.17) is 10.6 Å². The predicted octanol–water partition coefficient (Wildman–Crippen LogP) is 0.830. The predicted molar refractivity (Wildman–Crippen MR) is 64.5 cm³/mol. The molecule has 1 aromatic heterocycles. The highest BCUT2D eigenvalue weighted by molar-refractivity contribution is 5.47. The van der Waals surface area contributed by atoms with Gasteiger partial charge in [0.25, 0.3) is 0 Å². The lowest BCUT2D eigenvalue weighted by Crippen LogP contribution is -2.15. The van der Waals surface area contributed by atoms with E-state index in [-0.39, 0.29) is 0 Å². The molecule has 0 bridgehead atoms. The van der Waals surface area contributed by atoms with Gasteiger partial charge in [-0.3, -0.25) is 0 Å². The largest absolute Gasteiger partial charge is 0.381 e. The number of aromatic nitrogens is 2. The molecule has 1 atom stereocenters. The average molecular weight is 234 g/mol. The van der Waals surface area contributed by atoms with E-state index in [1.807, 2.05) is 0 Å². The van der Waals surface area contributed by atoms with Crippen LogP contribution in [-0.4, -0.2) is 23.2 Å². The second-order valence-corrected chi connectivity index (χ2v) is 4.85. The van der Waals surface area contributed by atoms with Gasteiger partial charge in [0.1, 0.15) is 11.6 Å². The maximum Gasteiger partial charge on any atom is 0.147 e. The summed E-state index contributed by atoms with van der Waals surface area (Å²) in [6.07, 6.45) is 5.28. The van der Waals surface area contributed by atoms with Gasteiger partial charge in [-0.1, -0.05) is 0 Å². The third-order valence-corrected chi connectivity index (χ3v) is 3.61. The van der Waals surface area contributed by atoms with Crippen molar-refractivity contribution in [3.8, 4) is 0 Å². The van der Waals surface area contributed by atoms with E-state index in [0.29, 0.717) is 5.92 Å². The van der Waals surface area contributed by atoms with Gasteiger partial charge in [0.05, 0.1) is 0 Å². The molecule has 1 aliphatic carbocycles. The molecule has 0 aromatic carbocycles. The first-order valence-corrected chi connectivity index (χ1v) is 6.30. The zero-order valence-corrected chi connectivity index (χ0v) is 9.91. The maximum atomic E-state index is 5.53. The number of aryl methyl sites for hydroxylation is 1. The van der Waals surface area contributed by atoms with Gasteiger partial charge in [0, 0.05) is 30.9 Å². The molecule has 0 amide bonds. The Balaban J connectivity index is 1.84. The minimum atomic E-state index is 0.570. The second kappa shape index (κ2) is 4.58. The van der Waals surface area contributed by atoms with E-state index in [1.165, 1.54) is 11.3 Å². The molecule has 5 heteroatoms. The number of fused-ring (bicyclic) bond motifs is 1. The fraction of sp³-hybridized carbons (Fsp3) is 0.667. The van der Waals surface area contributed by atoms with Gasteiger partial charge in [0.2, 0.25) is 0 Å². The number of nitrogens with zero attached hydrogens (tertiary/aromatic N) is 2. The molecule has 92 valence electrons. The number of nitrogens with one attached hydrogen (secondary N) is 1. The molecule has 1 unspecified atom stereocenters. The van der Waals surface area contributed by atoms with Crippen LogP contribution < -0.4 is 11.3 Å². The zero-order chi connectivity index (χ0) is 11.7. The second-order valence-electron chi connectivity index (χ2n) is 4.85. The molecule has 17 heavy (non-hydrogen) atoms. The monoisotopic (exact) mass is 234 g/mol. The molecular weight excluding hydrogens is 216 g/mol. The fourth-order valence-corrected chi connectivity index (χ4v) is 2.70. The Bertz CT molecular complexity index is 415. The van der Waals surface area contributed by atoms with Gasteiger partial charge >= 0.3 is 0 Å². The number of ether oxygens (including phenoxy) is 1. The van der Waals surface area contributed by atoms with Crippen molar-refractivity contribution >= 4 is 5.82 Å². The summed E-state index contributed by atoms with van der Waals surface area (Å²) in [4.78, 5) is 9.19. The van der Waals surface area contributed by atoms with E-state index in [9.17, 15) is 0 Å². The molecule has 0 saturated carbocycles. The van der Waals surface area contributed by atoms with Gasteiger partial charge in [-0.15, -0.1) is 0 Å². The van der Waals surface area contributed by atoms with Gasteiger partial charge in [-0.25, -0.2) is 15.8 Å². The van der Waals surface area contributed by atoms with Crippen molar-refractivity contribution in [1.82, 2.24) is 9.97 Å². The Morgan fingerprint density at radius 2 is 2.29 bits per heavy atom. The lowest BCUT2D eigenvalue weighted by Gasteiger charge is -2.11. The van der Waals surface area contributed by atoms with Crippen LogP contribution in [0, 0.1) is 5.92 Å². The van der Waals surface area contributed by atoms with Crippen molar-refractivity contribution in [1.29, 1.82) is 0 Å². The standard InChI is InChI=1S/C12H18N4O/c13-16-12-9-2-1-3-10(9)14-11(15-12)6-8-4-5-17-7-8/h8H,1-7,13H2,(H,14,15,16). The Morgan fingerprint density at radius 3 is 3.06 bits per heavy atom. The summed E-state index contributed by atoms with van der Waals surface area (Å²) in [7, 11) is 0. The molecule has 2 heterocycles. The van der Waals surface area contributed by atoms with Crippen molar-refractivity contribution in [3.63, 3.8) is 0 Å². The van der Waals surface area contributed by atoms with E-state index in [0.717, 1.165) is 57.0 Å². The van der Waals surface area contributed by atoms with E-state index in [1.54, 1.807) is 0 Å². The number of rotatable bonds is 3. The van der Waals surface area contributed by atoms with Crippen molar-refractivity contribution in [2.45, 2.75) is 32.1 Å². The SMILES string of the molecule is NNc1nc(CC2CCOC2)nc2c1CCC2. The van der Waals surface area contributed by atoms with Crippen LogP contribution in [0.25, 0.3) is 0 Å². The number of hydrogen-bond donors (Lipinski definition) is 2. The van der Waals surface area contributed by atoms with Crippen LogP contribution in [0.5, 0.6) is 0 Å². The van der Waals surface area contributed by atoms with E-state index in [2.05, 4.69) is 15.4 Å². The minimum absolute atomic E-state index is 0.570. The molecule has 3 N–H and O–H groups in total. The summed E-state index contributed by atoms with van der Waals surface area (Å²) in [5.74, 6) is 7.84. The molecule has 5 nitrogen and oxygen atoms in total. The number of nitrogen functional groups attached to an aromatic ring is 1. The first kappa shape index (κ1) is 10.9. The van der Waals surface area contributed by atoms with Crippen molar-refractivity contribution in [2.24, 2.45) is 11.8 Å². The Morgan fingerprint density at radius 1 is 1.35 bits per heavy atom. The first-order chi connectivity index (χ1) is 8.36. The summed E-state index contributed by atoms with van der Waals surface area (Å²) in [6, 6.07) is 0. The summed E-state index contributed by atoms with van der Waals surface area (Å²) in [5.41, 5.74) is 5.10. The number of anilines is 1. The summed E-state index contributed by atoms with van der Waals surface area (Å²) in [5, 5.41) is 0. The van der Waals surface area contributed by atoms with Crippen LogP contribution in [0.3, 0.4) is 0 Å². The first-order valence-electron chi connectivity index (χ1n) is 6.30. The third-order valence-electron chi connectivity index (χ3n) is 3.61. The highest BCUT2D eigenvalue weighted by Crippen LogP contribution is 2.26. The highest BCUT2D eigenvalue weighted by atomic mass is 16.5. The van der Waals surface area contributed by atoms with Crippen molar-refractivity contribution in [2.75, 3.05) is 18.6 Å². The van der Waals surface area contributed by atoms with Crippen LogP contribution in [0.2, 0.25) is 0 Å². The number of hydrazine groups is 1. The zero-order valence-electron chi connectivity index (χ0n) is 9.91. The Labute approximate surface area is 101 Å². The molecule has 1 aromatic rings. The third kappa shape index (κ3) is 2.12. The average Bonchev–Trinajstić information content (AvgIpc) is 2.98. The summed E-state index contributed by atoms with van der Waals surface area (Å²) in [6.45, 7) is 1.71. The normalized spacial score (nSPS) is 22.8. The van der Waals surface area contributed by atoms with Gasteiger partial charge in [-0.05, 0) is 31.6 Å². The summed E-state index contributed by atoms with van der Waals surface area (Å²) >= 11 is 0. The molecule has 3 rings (SSSR count). The lowest BCUT2D eigenvalue weighted by molar-refractivity contribution is 0.185. The molecule has 2 aliphatic rings. The molecule has 1 saturated heterocycles. The fourth-order valence-electron chi connectivity index (χ4n) is 2.70. The Kier molecular flexibility index (Phi) is 2.94. The maximum absolute atomic E-state index is 5.53. The highest BCUT2D eigenvalue weighted by Gasteiger charge is 2.22. The molecular formula is C12H18N4O. The van der Waals surface area contributed by atoms with Crippen LogP contribution in [0.4, 0.5) is 5.82 Å². The number of hydrogen-bond acceptors (Lipinski definition) is 5.